The van der Waals surface area contributed by atoms with Gasteiger partial charge in [-0.2, -0.15) is 13.2 Å². The van der Waals surface area contributed by atoms with Gasteiger partial charge in [0.2, 0.25) is 17.7 Å². The molecule has 2 amide bonds. The Balaban J connectivity index is 1.09. The Kier molecular flexibility index (Phi) is 11.9. The number of aliphatic hydroxyl groups excluding tert-OH is 2. The summed E-state index contributed by atoms with van der Waals surface area (Å²) in [5.74, 6) is -1.03. The number of alkyl halides is 3. The molecular formula is C41H44F4N6O7. The maximum Gasteiger partial charge on any atom is 0.405 e. The number of piperazine rings is 1. The van der Waals surface area contributed by atoms with E-state index in [1.54, 1.807) is 65.8 Å². The molecule has 1 fully saturated rings. The number of benzene rings is 2. The Morgan fingerprint density at radius 2 is 1.81 bits per heavy atom. The van der Waals surface area contributed by atoms with Crippen molar-refractivity contribution >= 4 is 22.8 Å². The fourth-order valence-corrected chi connectivity index (χ4v) is 7.57. The predicted molar refractivity (Wildman–Crippen MR) is 202 cm³/mol. The standard InChI is InChI=1S/C41H44F4N6O7/c1-40(2,39-47-19-35(58-39)24-7-9-27(42)10-8-24)51-14-13-50(31(21-51)38(55)48-23-41(43,44)45)20-28(52)15-25(16-29-17-26-18-46-12-11-33(26)57-29)37(54)49-36-30-5-3-4-6-34(30)56-22-32(36)53/h3-12,17-19,25,28,31-32,36,52-53H,13-16,20-23H2,1-2H3,(H,48,55)(H,49,54)/t25-,28-,31-,32+,36-/m0/s1. The van der Waals surface area contributed by atoms with Crippen LogP contribution in [0.15, 0.2) is 88.1 Å². The number of rotatable bonds is 13. The third kappa shape index (κ3) is 9.33. The summed E-state index contributed by atoms with van der Waals surface area (Å²) >= 11 is 0. The number of para-hydroxylation sites is 1. The monoisotopic (exact) mass is 808 g/mol. The Hall–Kier alpha value is -5.36. The summed E-state index contributed by atoms with van der Waals surface area (Å²) in [5, 5.41) is 28.2. The van der Waals surface area contributed by atoms with Gasteiger partial charge in [0.15, 0.2) is 5.76 Å². The highest BCUT2D eigenvalue weighted by Crippen LogP contribution is 2.35. The number of oxazole rings is 1. The number of carbonyl (C=O) groups is 2. The smallest absolute Gasteiger partial charge is 0.405 e. The molecule has 0 unspecified atom stereocenters. The maximum absolute atomic E-state index is 14.1. The van der Waals surface area contributed by atoms with Crippen molar-refractivity contribution in [3.05, 3.63) is 102 Å². The number of ether oxygens (including phenoxy) is 1. The molecule has 13 nitrogen and oxygen atoms in total. The SMILES string of the molecule is CC(C)(c1ncc(-c2ccc(F)cc2)o1)N1CCN(C[C@@H](O)C[C@@H](Cc2cc3cnccc3o2)C(=O)N[C@H]2c3ccccc3OC[C@H]2O)[C@H](C(=O)NCC(F)(F)F)C1. The zero-order valence-electron chi connectivity index (χ0n) is 31.8. The van der Waals surface area contributed by atoms with Crippen molar-refractivity contribution in [3.63, 3.8) is 0 Å². The van der Waals surface area contributed by atoms with Crippen LogP contribution in [-0.2, 0) is 21.5 Å². The van der Waals surface area contributed by atoms with Crippen molar-refractivity contribution in [1.29, 1.82) is 0 Å². The first-order valence-electron chi connectivity index (χ1n) is 18.9. The summed E-state index contributed by atoms with van der Waals surface area (Å²) in [7, 11) is 0. The minimum atomic E-state index is -4.66. The molecule has 1 saturated heterocycles. The molecule has 2 aliphatic rings. The van der Waals surface area contributed by atoms with Crippen molar-refractivity contribution in [2.75, 3.05) is 39.3 Å². The number of amides is 2. The van der Waals surface area contributed by atoms with Crippen LogP contribution in [0.25, 0.3) is 22.3 Å². The summed E-state index contributed by atoms with van der Waals surface area (Å²) in [6.07, 6.45) is -2.29. The van der Waals surface area contributed by atoms with Gasteiger partial charge in [0, 0.05) is 67.4 Å². The molecule has 5 atom stereocenters. The summed E-state index contributed by atoms with van der Waals surface area (Å²) < 4.78 is 71.1. The van der Waals surface area contributed by atoms with E-state index in [1.165, 1.54) is 18.3 Å². The van der Waals surface area contributed by atoms with Crippen LogP contribution in [0.4, 0.5) is 17.6 Å². The molecule has 4 N–H and O–H groups in total. The third-order valence-electron chi connectivity index (χ3n) is 10.7. The molecular weight excluding hydrogens is 764 g/mol. The van der Waals surface area contributed by atoms with Gasteiger partial charge in [0.1, 0.15) is 48.2 Å². The minimum Gasteiger partial charge on any atom is -0.490 e. The van der Waals surface area contributed by atoms with E-state index in [4.69, 9.17) is 13.6 Å². The molecule has 5 heterocycles. The topological polar surface area (TPSA) is 166 Å². The van der Waals surface area contributed by atoms with E-state index in [-0.39, 0.29) is 45.0 Å². The van der Waals surface area contributed by atoms with Crippen LogP contribution in [0.5, 0.6) is 5.75 Å². The highest BCUT2D eigenvalue weighted by atomic mass is 19.4. The van der Waals surface area contributed by atoms with Gasteiger partial charge in [-0.15, -0.1) is 0 Å². The summed E-state index contributed by atoms with van der Waals surface area (Å²) in [4.78, 5) is 39.7. The lowest BCUT2D eigenvalue weighted by Crippen LogP contribution is -2.63. The van der Waals surface area contributed by atoms with E-state index < -0.39 is 66.1 Å². The van der Waals surface area contributed by atoms with Gasteiger partial charge < -0.3 is 34.4 Å². The molecule has 7 rings (SSSR count). The molecule has 0 radical (unpaired) electrons. The Labute approximate surface area is 331 Å². The maximum atomic E-state index is 14.1. The second-order valence-electron chi connectivity index (χ2n) is 15.2. The molecule has 0 saturated carbocycles. The average Bonchev–Trinajstić information content (AvgIpc) is 3.86. The van der Waals surface area contributed by atoms with E-state index in [0.717, 1.165) is 5.39 Å². The molecule has 5 aromatic rings. The first-order chi connectivity index (χ1) is 27.6. The largest absolute Gasteiger partial charge is 0.490 e. The van der Waals surface area contributed by atoms with Crippen molar-refractivity contribution in [1.82, 2.24) is 30.4 Å². The molecule has 3 aromatic heterocycles. The predicted octanol–water partition coefficient (Wildman–Crippen LogP) is 4.74. The number of fused-ring (bicyclic) bond motifs is 2. The quantitative estimate of drug-likeness (QED) is 0.121. The number of hydrogen-bond acceptors (Lipinski definition) is 11. The normalized spacial score (nSPS) is 20.2. The van der Waals surface area contributed by atoms with Gasteiger partial charge in [-0.25, -0.2) is 9.37 Å². The molecule has 0 spiro atoms. The lowest BCUT2D eigenvalue weighted by Gasteiger charge is -2.46. The van der Waals surface area contributed by atoms with Crippen LogP contribution in [0, 0.1) is 11.7 Å². The van der Waals surface area contributed by atoms with Gasteiger partial charge in [-0.1, -0.05) is 18.2 Å². The lowest BCUT2D eigenvalue weighted by atomic mass is 9.92. The molecule has 0 bridgehead atoms. The fourth-order valence-electron chi connectivity index (χ4n) is 7.57. The van der Waals surface area contributed by atoms with Crippen molar-refractivity contribution in [3.8, 4) is 17.1 Å². The molecule has 58 heavy (non-hydrogen) atoms. The first kappa shape index (κ1) is 40.8. The second kappa shape index (κ2) is 16.9. The van der Waals surface area contributed by atoms with Crippen LogP contribution in [-0.4, -0.2) is 106 Å². The number of carbonyl (C=O) groups excluding carboxylic acids is 2. The molecule has 2 aromatic carbocycles. The number of nitrogens with zero attached hydrogens (tertiary/aromatic N) is 4. The summed E-state index contributed by atoms with van der Waals surface area (Å²) in [6.45, 7) is 2.32. The Bertz CT molecular complexity index is 2180. The third-order valence-corrected chi connectivity index (χ3v) is 10.7. The van der Waals surface area contributed by atoms with Crippen LogP contribution in [0.2, 0.25) is 0 Å². The number of aromatic nitrogens is 2. The zero-order chi connectivity index (χ0) is 41.2. The van der Waals surface area contributed by atoms with Crippen molar-refractivity contribution in [2.24, 2.45) is 5.92 Å². The highest BCUT2D eigenvalue weighted by Gasteiger charge is 2.43. The van der Waals surface area contributed by atoms with Crippen LogP contribution >= 0.6 is 0 Å². The van der Waals surface area contributed by atoms with E-state index in [0.29, 0.717) is 40.5 Å². The Morgan fingerprint density at radius 3 is 2.57 bits per heavy atom. The average molecular weight is 809 g/mol. The molecule has 308 valence electrons. The molecule has 2 aliphatic heterocycles. The van der Waals surface area contributed by atoms with Gasteiger partial charge >= 0.3 is 6.18 Å². The number of pyridine rings is 1. The second-order valence-corrected chi connectivity index (χ2v) is 15.2. The van der Waals surface area contributed by atoms with Gasteiger partial charge in [0.25, 0.3) is 0 Å². The summed E-state index contributed by atoms with van der Waals surface area (Å²) in [6, 6.07) is 14.2. The lowest BCUT2D eigenvalue weighted by molar-refractivity contribution is -0.145. The van der Waals surface area contributed by atoms with E-state index >= 15 is 0 Å². The zero-order valence-corrected chi connectivity index (χ0v) is 31.8. The van der Waals surface area contributed by atoms with E-state index in [2.05, 4.69) is 15.3 Å². The number of halogens is 4. The fraction of sp³-hybridized carbons (Fsp3) is 0.415. The highest BCUT2D eigenvalue weighted by molar-refractivity contribution is 5.82. The first-order valence-corrected chi connectivity index (χ1v) is 18.9. The van der Waals surface area contributed by atoms with Crippen LogP contribution in [0.1, 0.15) is 43.5 Å². The van der Waals surface area contributed by atoms with Crippen molar-refractivity contribution < 1.29 is 50.9 Å². The number of hydrogen-bond donors (Lipinski definition) is 4. The summed E-state index contributed by atoms with van der Waals surface area (Å²) in [5.41, 5.74) is 0.804. The number of nitrogens with one attached hydrogen (secondary N) is 2. The van der Waals surface area contributed by atoms with Gasteiger partial charge in [0.05, 0.1) is 23.9 Å². The van der Waals surface area contributed by atoms with Gasteiger partial charge in [-0.05, 0) is 62.7 Å². The number of aliphatic hydroxyl groups is 2. The van der Waals surface area contributed by atoms with E-state index in [1.807, 2.05) is 24.1 Å². The number of furan rings is 1. The molecule has 17 heteroatoms. The Morgan fingerprint density at radius 1 is 1.03 bits per heavy atom. The minimum absolute atomic E-state index is 0.0439. The molecule has 0 aliphatic carbocycles. The van der Waals surface area contributed by atoms with Gasteiger partial charge in [-0.3, -0.25) is 24.4 Å². The van der Waals surface area contributed by atoms with Crippen molar-refractivity contribution in [2.45, 2.75) is 62.7 Å². The number of β-amino-alcohol motifs (C(OH)–C–C–N with tert-alkyl or cyclic N) is 1. The van der Waals surface area contributed by atoms with E-state index in [9.17, 15) is 37.4 Å². The van der Waals surface area contributed by atoms with Crippen LogP contribution in [0.3, 0.4) is 0 Å². The van der Waals surface area contributed by atoms with Crippen LogP contribution < -0.4 is 15.4 Å².